The summed E-state index contributed by atoms with van der Waals surface area (Å²) in [5.74, 6) is 1.42. The van der Waals surface area contributed by atoms with Gasteiger partial charge in [-0.2, -0.15) is 4.98 Å². The van der Waals surface area contributed by atoms with E-state index in [1.807, 2.05) is 0 Å². The summed E-state index contributed by atoms with van der Waals surface area (Å²) < 4.78 is 10.8. The highest BCUT2D eigenvalue weighted by Gasteiger charge is 2.17. The smallest absolute Gasteiger partial charge is 0.240 e. The summed E-state index contributed by atoms with van der Waals surface area (Å²) >= 11 is 0. The first-order valence-electron chi connectivity index (χ1n) is 6.40. The maximum absolute atomic E-state index is 5.65. The molecule has 0 bridgehead atoms. The zero-order valence-corrected chi connectivity index (χ0v) is 10.6. The summed E-state index contributed by atoms with van der Waals surface area (Å²) in [6.45, 7) is 5.68. The van der Waals surface area contributed by atoms with E-state index in [-0.39, 0.29) is 6.10 Å². The first kappa shape index (κ1) is 12.5. The summed E-state index contributed by atoms with van der Waals surface area (Å²) in [5.41, 5.74) is 0. The lowest BCUT2D eigenvalue weighted by Gasteiger charge is -2.20. The third-order valence-electron chi connectivity index (χ3n) is 2.86. The molecule has 2 heterocycles. The van der Waals surface area contributed by atoms with E-state index in [0.29, 0.717) is 18.5 Å². The van der Waals surface area contributed by atoms with Crippen molar-refractivity contribution in [2.45, 2.75) is 58.2 Å². The van der Waals surface area contributed by atoms with E-state index in [0.717, 1.165) is 25.3 Å². The van der Waals surface area contributed by atoms with Crippen molar-refractivity contribution in [3.8, 4) is 0 Å². The van der Waals surface area contributed by atoms with Crippen LogP contribution in [-0.4, -0.2) is 28.9 Å². The summed E-state index contributed by atoms with van der Waals surface area (Å²) in [6.07, 6.45) is 4.56. The van der Waals surface area contributed by atoms with Gasteiger partial charge >= 0.3 is 0 Å². The van der Waals surface area contributed by atoms with E-state index in [4.69, 9.17) is 9.26 Å². The molecule has 5 nitrogen and oxygen atoms in total. The Morgan fingerprint density at radius 1 is 1.41 bits per heavy atom. The van der Waals surface area contributed by atoms with E-state index < -0.39 is 0 Å². The minimum absolute atomic E-state index is 0.271. The molecule has 2 rings (SSSR count). The van der Waals surface area contributed by atoms with Crippen molar-refractivity contribution in [2.24, 2.45) is 0 Å². The molecule has 1 aromatic heterocycles. The Balaban J connectivity index is 1.80. The highest BCUT2D eigenvalue weighted by atomic mass is 16.5. The van der Waals surface area contributed by atoms with E-state index in [2.05, 4.69) is 29.3 Å². The van der Waals surface area contributed by atoms with Gasteiger partial charge in [-0.05, 0) is 19.3 Å². The van der Waals surface area contributed by atoms with Gasteiger partial charge in [0, 0.05) is 19.1 Å². The molecular weight excluding hydrogens is 218 g/mol. The number of rotatable bonds is 5. The molecule has 5 heteroatoms. The van der Waals surface area contributed by atoms with Crippen molar-refractivity contribution in [2.75, 3.05) is 6.61 Å². The molecular formula is C12H21N3O2. The molecule has 0 spiro atoms. The quantitative estimate of drug-likeness (QED) is 0.847. The van der Waals surface area contributed by atoms with Crippen LogP contribution < -0.4 is 5.32 Å². The Bertz CT molecular complexity index is 332. The molecule has 0 saturated carbocycles. The highest BCUT2D eigenvalue weighted by Crippen LogP contribution is 2.15. The van der Waals surface area contributed by atoms with Gasteiger partial charge in [0.05, 0.1) is 12.6 Å². The fraction of sp³-hybridized carbons (Fsp3) is 0.833. The highest BCUT2D eigenvalue weighted by molar-refractivity contribution is 4.89. The number of nitrogens with one attached hydrogen (secondary N) is 1. The number of hydrogen-bond donors (Lipinski definition) is 1. The van der Waals surface area contributed by atoms with Crippen LogP contribution in [0.4, 0.5) is 0 Å². The number of nitrogens with zero attached hydrogens (tertiary/aromatic N) is 2. The normalized spacial score (nSPS) is 21.0. The van der Waals surface area contributed by atoms with Crippen LogP contribution >= 0.6 is 0 Å². The molecule has 1 unspecified atom stereocenters. The lowest BCUT2D eigenvalue weighted by Crippen LogP contribution is -2.22. The van der Waals surface area contributed by atoms with Crippen LogP contribution in [0.25, 0.3) is 0 Å². The molecule has 0 aliphatic carbocycles. The van der Waals surface area contributed by atoms with Crippen LogP contribution in [0.3, 0.4) is 0 Å². The van der Waals surface area contributed by atoms with Crippen LogP contribution in [0, 0.1) is 0 Å². The maximum Gasteiger partial charge on any atom is 0.240 e. The Labute approximate surface area is 102 Å². The number of aromatic nitrogens is 2. The zero-order chi connectivity index (χ0) is 12.1. The molecule has 1 aliphatic rings. The van der Waals surface area contributed by atoms with Crippen molar-refractivity contribution >= 4 is 0 Å². The Hall–Kier alpha value is -0.940. The van der Waals surface area contributed by atoms with Crippen molar-refractivity contribution in [1.29, 1.82) is 0 Å². The number of ether oxygens (including phenoxy) is 1. The molecule has 0 aromatic carbocycles. The van der Waals surface area contributed by atoms with E-state index in [1.54, 1.807) is 0 Å². The van der Waals surface area contributed by atoms with Gasteiger partial charge in [0.25, 0.3) is 0 Å². The predicted octanol–water partition coefficient (Wildman–Crippen LogP) is 1.68. The average molecular weight is 239 g/mol. The third-order valence-corrected chi connectivity index (χ3v) is 2.86. The topological polar surface area (TPSA) is 60.2 Å². The van der Waals surface area contributed by atoms with E-state index in [9.17, 15) is 0 Å². The van der Waals surface area contributed by atoms with Crippen molar-refractivity contribution in [1.82, 2.24) is 15.5 Å². The molecule has 1 atom stereocenters. The molecule has 17 heavy (non-hydrogen) atoms. The zero-order valence-electron chi connectivity index (χ0n) is 10.6. The lowest BCUT2D eigenvalue weighted by molar-refractivity contribution is 0.0153. The minimum Gasteiger partial charge on any atom is -0.378 e. The largest absolute Gasteiger partial charge is 0.378 e. The second kappa shape index (κ2) is 6.12. The average Bonchev–Trinajstić information content (AvgIpc) is 2.75. The SMILES string of the molecule is CC(C)NCc1nc(CC2CCCCO2)no1. The summed E-state index contributed by atoms with van der Waals surface area (Å²) in [7, 11) is 0. The predicted molar refractivity (Wildman–Crippen MR) is 63.6 cm³/mol. The van der Waals surface area contributed by atoms with Crippen LogP contribution in [0.2, 0.25) is 0 Å². The second-order valence-corrected chi connectivity index (χ2v) is 4.83. The van der Waals surface area contributed by atoms with Crippen LogP contribution in [0.5, 0.6) is 0 Å². The third kappa shape index (κ3) is 4.09. The van der Waals surface area contributed by atoms with Crippen LogP contribution in [-0.2, 0) is 17.7 Å². The van der Waals surface area contributed by atoms with Gasteiger partial charge in [-0.3, -0.25) is 0 Å². The van der Waals surface area contributed by atoms with Gasteiger partial charge in [0.2, 0.25) is 5.89 Å². The lowest BCUT2D eigenvalue weighted by atomic mass is 10.1. The first-order valence-corrected chi connectivity index (χ1v) is 6.40. The second-order valence-electron chi connectivity index (χ2n) is 4.83. The van der Waals surface area contributed by atoms with Gasteiger partial charge in [0.15, 0.2) is 5.82 Å². The molecule has 1 fully saturated rings. The van der Waals surface area contributed by atoms with Gasteiger partial charge in [-0.1, -0.05) is 19.0 Å². The monoisotopic (exact) mass is 239 g/mol. The maximum atomic E-state index is 5.65. The fourth-order valence-electron chi connectivity index (χ4n) is 1.91. The standard InChI is InChI=1S/C12H21N3O2/c1-9(2)13-8-12-14-11(15-17-12)7-10-5-3-4-6-16-10/h9-10,13H,3-8H2,1-2H3. The van der Waals surface area contributed by atoms with Crippen molar-refractivity contribution in [3.05, 3.63) is 11.7 Å². The minimum atomic E-state index is 0.271. The van der Waals surface area contributed by atoms with Crippen molar-refractivity contribution in [3.63, 3.8) is 0 Å². The molecule has 1 saturated heterocycles. The fourth-order valence-corrected chi connectivity index (χ4v) is 1.91. The first-order chi connectivity index (χ1) is 8.24. The summed E-state index contributed by atoms with van der Waals surface area (Å²) in [4.78, 5) is 4.36. The molecule has 96 valence electrons. The molecule has 1 aromatic rings. The van der Waals surface area contributed by atoms with E-state index >= 15 is 0 Å². The van der Waals surface area contributed by atoms with Crippen LogP contribution in [0.15, 0.2) is 4.52 Å². The van der Waals surface area contributed by atoms with E-state index in [1.165, 1.54) is 12.8 Å². The number of hydrogen-bond acceptors (Lipinski definition) is 5. The van der Waals surface area contributed by atoms with Crippen LogP contribution in [0.1, 0.15) is 44.8 Å². The Morgan fingerprint density at radius 2 is 2.29 bits per heavy atom. The summed E-state index contributed by atoms with van der Waals surface area (Å²) in [6, 6.07) is 0.423. The summed E-state index contributed by atoms with van der Waals surface area (Å²) in [5, 5.41) is 7.23. The molecule has 0 radical (unpaired) electrons. The van der Waals surface area contributed by atoms with Gasteiger partial charge in [0.1, 0.15) is 0 Å². The molecule has 1 N–H and O–H groups in total. The Kier molecular flexibility index (Phi) is 4.50. The van der Waals surface area contributed by atoms with Gasteiger partial charge in [-0.15, -0.1) is 0 Å². The Morgan fingerprint density at radius 3 is 3.00 bits per heavy atom. The van der Waals surface area contributed by atoms with Crippen molar-refractivity contribution < 1.29 is 9.26 Å². The molecule has 0 amide bonds. The van der Waals surface area contributed by atoms with Gasteiger partial charge in [-0.25, -0.2) is 0 Å². The van der Waals surface area contributed by atoms with Gasteiger partial charge < -0.3 is 14.6 Å². The molecule has 1 aliphatic heterocycles.